The minimum atomic E-state index is -0.248. The van der Waals surface area contributed by atoms with Gasteiger partial charge in [0.25, 0.3) is 0 Å². The number of hydrogen-bond acceptors (Lipinski definition) is 4. The normalized spacial score (nSPS) is 15.4. The maximum absolute atomic E-state index is 13.0. The second kappa shape index (κ2) is 7.11. The van der Waals surface area contributed by atoms with Gasteiger partial charge in [0.2, 0.25) is 5.78 Å². The molecule has 2 aromatic rings. The van der Waals surface area contributed by atoms with Crippen LogP contribution < -0.4 is 9.80 Å². The number of carbonyl (C=O) groups excluding carboxylic acids is 1. The zero-order chi connectivity index (χ0) is 18.0. The van der Waals surface area contributed by atoms with Crippen LogP contribution in [0.1, 0.15) is 15.9 Å². The lowest BCUT2D eigenvalue weighted by atomic mass is 10.0. The number of piperazine rings is 1. The number of phenols is 2. The van der Waals surface area contributed by atoms with E-state index in [0.717, 1.165) is 36.8 Å². The minimum absolute atomic E-state index is 0.0192. The number of halogens is 1. The SMILES string of the molecule is Cc1c(O)ccc(C(=O)C[NH+]2CCN(c3ccc(F)cc3)CC2)c1O. The molecule has 1 aliphatic heterocycles. The summed E-state index contributed by atoms with van der Waals surface area (Å²) < 4.78 is 13.0. The van der Waals surface area contributed by atoms with Crippen molar-refractivity contribution in [2.24, 2.45) is 0 Å². The van der Waals surface area contributed by atoms with Crippen LogP contribution in [0.15, 0.2) is 36.4 Å². The number of anilines is 1. The third-order valence-corrected chi connectivity index (χ3v) is 4.78. The van der Waals surface area contributed by atoms with Crippen molar-refractivity contribution in [3.05, 3.63) is 53.3 Å². The standard InChI is InChI=1S/C19H21FN2O3/c1-13-17(23)7-6-16(19(13)25)18(24)12-21-8-10-22(11-9-21)15-4-2-14(20)3-5-15/h2-7,23,25H,8-12H2,1H3/p+1. The maximum Gasteiger partial charge on any atom is 0.220 e. The van der Waals surface area contributed by atoms with Crippen molar-refractivity contribution >= 4 is 11.5 Å². The Bertz CT molecular complexity index is 769. The number of hydrogen-bond donors (Lipinski definition) is 3. The van der Waals surface area contributed by atoms with Crippen molar-refractivity contribution in [3.63, 3.8) is 0 Å². The highest BCUT2D eigenvalue weighted by atomic mass is 19.1. The van der Waals surface area contributed by atoms with E-state index in [9.17, 15) is 19.4 Å². The molecule has 6 heteroatoms. The molecule has 3 N–H and O–H groups in total. The van der Waals surface area contributed by atoms with Gasteiger partial charge in [-0.05, 0) is 43.3 Å². The maximum atomic E-state index is 13.0. The smallest absolute Gasteiger partial charge is 0.220 e. The van der Waals surface area contributed by atoms with E-state index in [4.69, 9.17) is 0 Å². The summed E-state index contributed by atoms with van der Waals surface area (Å²) in [5.74, 6) is -0.544. The first kappa shape index (κ1) is 17.2. The number of quaternary nitrogens is 1. The molecule has 1 fully saturated rings. The molecule has 5 nitrogen and oxygen atoms in total. The predicted molar refractivity (Wildman–Crippen MR) is 93.0 cm³/mol. The van der Waals surface area contributed by atoms with Gasteiger partial charge >= 0.3 is 0 Å². The molecule has 132 valence electrons. The van der Waals surface area contributed by atoms with Crippen LogP contribution >= 0.6 is 0 Å². The molecule has 0 unspecified atom stereocenters. The molecular formula is C19H22FN2O3+. The van der Waals surface area contributed by atoms with Gasteiger partial charge in [-0.2, -0.15) is 0 Å². The Kier molecular flexibility index (Phi) is 4.90. The van der Waals surface area contributed by atoms with Crippen LogP contribution in [0.4, 0.5) is 10.1 Å². The number of phenolic OH excluding ortho intramolecular Hbond substituents is 2. The average Bonchev–Trinajstić information content (AvgIpc) is 2.61. The van der Waals surface area contributed by atoms with Crippen LogP contribution in [-0.4, -0.2) is 48.7 Å². The van der Waals surface area contributed by atoms with E-state index in [1.54, 1.807) is 19.1 Å². The topological polar surface area (TPSA) is 65.2 Å². The van der Waals surface area contributed by atoms with E-state index >= 15 is 0 Å². The first-order chi connectivity index (χ1) is 12.0. The summed E-state index contributed by atoms with van der Waals surface area (Å²) in [4.78, 5) is 15.8. The van der Waals surface area contributed by atoms with E-state index in [0.29, 0.717) is 12.1 Å². The molecule has 0 amide bonds. The van der Waals surface area contributed by atoms with Crippen LogP contribution in [-0.2, 0) is 0 Å². The monoisotopic (exact) mass is 345 g/mol. The summed E-state index contributed by atoms with van der Waals surface area (Å²) in [6, 6.07) is 9.34. The van der Waals surface area contributed by atoms with Crippen molar-refractivity contribution in [2.45, 2.75) is 6.92 Å². The van der Waals surface area contributed by atoms with Gasteiger partial charge in [-0.25, -0.2) is 4.39 Å². The zero-order valence-electron chi connectivity index (χ0n) is 14.1. The van der Waals surface area contributed by atoms with Crippen LogP contribution in [0.2, 0.25) is 0 Å². The van der Waals surface area contributed by atoms with Crippen molar-refractivity contribution in [1.82, 2.24) is 0 Å². The Hall–Kier alpha value is -2.60. The quantitative estimate of drug-likeness (QED) is 0.727. The summed E-state index contributed by atoms with van der Waals surface area (Å²) in [5.41, 5.74) is 1.56. The van der Waals surface area contributed by atoms with Gasteiger partial charge in [0.05, 0.1) is 31.7 Å². The fraction of sp³-hybridized carbons (Fsp3) is 0.316. The van der Waals surface area contributed by atoms with E-state index in [-0.39, 0.29) is 28.7 Å². The highest BCUT2D eigenvalue weighted by Gasteiger charge is 2.24. The summed E-state index contributed by atoms with van der Waals surface area (Å²) in [7, 11) is 0. The van der Waals surface area contributed by atoms with Crippen molar-refractivity contribution in [2.75, 3.05) is 37.6 Å². The molecule has 0 bridgehead atoms. The lowest BCUT2D eigenvalue weighted by molar-refractivity contribution is -0.892. The molecule has 0 spiro atoms. The molecular weight excluding hydrogens is 323 g/mol. The van der Waals surface area contributed by atoms with Crippen LogP contribution in [0.3, 0.4) is 0 Å². The zero-order valence-corrected chi connectivity index (χ0v) is 14.1. The van der Waals surface area contributed by atoms with Gasteiger partial charge in [-0.3, -0.25) is 4.79 Å². The Morgan fingerprint density at radius 1 is 1.12 bits per heavy atom. The second-order valence-corrected chi connectivity index (χ2v) is 6.42. The van der Waals surface area contributed by atoms with E-state index in [1.807, 2.05) is 0 Å². The molecule has 0 radical (unpaired) electrons. The number of Topliss-reactive ketones (excluding diaryl/α,β-unsaturated/α-hetero) is 1. The van der Waals surface area contributed by atoms with Gasteiger partial charge in [0, 0.05) is 11.3 Å². The molecule has 0 saturated carbocycles. The predicted octanol–water partition coefficient (Wildman–Crippen LogP) is 1.13. The van der Waals surface area contributed by atoms with E-state index in [1.165, 1.54) is 24.3 Å². The van der Waals surface area contributed by atoms with Crippen molar-refractivity contribution < 1.29 is 24.3 Å². The number of nitrogens with zero attached hydrogens (tertiary/aromatic N) is 1. The Morgan fingerprint density at radius 2 is 1.76 bits per heavy atom. The highest BCUT2D eigenvalue weighted by Crippen LogP contribution is 2.29. The summed E-state index contributed by atoms with van der Waals surface area (Å²) in [6.45, 7) is 5.04. The van der Waals surface area contributed by atoms with Gasteiger partial charge in [0.1, 0.15) is 23.9 Å². The molecule has 0 atom stereocenters. The van der Waals surface area contributed by atoms with Gasteiger partial charge < -0.3 is 20.0 Å². The average molecular weight is 345 g/mol. The molecule has 1 heterocycles. The lowest BCUT2D eigenvalue weighted by Crippen LogP contribution is -3.15. The Balaban J connectivity index is 1.59. The largest absolute Gasteiger partial charge is 0.508 e. The summed E-state index contributed by atoms with van der Waals surface area (Å²) >= 11 is 0. The van der Waals surface area contributed by atoms with Crippen LogP contribution in [0, 0.1) is 12.7 Å². The number of benzene rings is 2. The Morgan fingerprint density at radius 3 is 2.40 bits per heavy atom. The van der Waals surface area contributed by atoms with Crippen LogP contribution in [0.25, 0.3) is 0 Å². The molecule has 25 heavy (non-hydrogen) atoms. The first-order valence-electron chi connectivity index (χ1n) is 8.34. The fourth-order valence-corrected chi connectivity index (χ4v) is 3.15. The number of aromatic hydroxyl groups is 2. The van der Waals surface area contributed by atoms with Gasteiger partial charge in [-0.1, -0.05) is 0 Å². The van der Waals surface area contributed by atoms with Crippen molar-refractivity contribution in [3.8, 4) is 11.5 Å². The van der Waals surface area contributed by atoms with Gasteiger partial charge in [-0.15, -0.1) is 0 Å². The van der Waals surface area contributed by atoms with E-state index < -0.39 is 0 Å². The summed E-state index contributed by atoms with van der Waals surface area (Å²) in [6.07, 6.45) is 0. The number of nitrogens with one attached hydrogen (secondary N) is 1. The molecule has 1 aliphatic rings. The minimum Gasteiger partial charge on any atom is -0.508 e. The van der Waals surface area contributed by atoms with Crippen LogP contribution in [0.5, 0.6) is 11.5 Å². The van der Waals surface area contributed by atoms with Gasteiger partial charge in [0.15, 0.2) is 0 Å². The fourth-order valence-electron chi connectivity index (χ4n) is 3.15. The Labute approximate surface area is 145 Å². The number of ketones is 1. The number of rotatable bonds is 4. The van der Waals surface area contributed by atoms with E-state index in [2.05, 4.69) is 4.90 Å². The molecule has 1 saturated heterocycles. The molecule has 3 rings (SSSR count). The highest BCUT2D eigenvalue weighted by molar-refractivity contribution is 5.99. The number of carbonyl (C=O) groups is 1. The summed E-state index contributed by atoms with van der Waals surface area (Å²) in [5, 5.41) is 19.6. The lowest BCUT2D eigenvalue weighted by Gasteiger charge is -2.33. The third-order valence-electron chi connectivity index (χ3n) is 4.78. The molecule has 2 aromatic carbocycles. The molecule has 0 aromatic heterocycles. The second-order valence-electron chi connectivity index (χ2n) is 6.42. The third kappa shape index (κ3) is 3.74. The van der Waals surface area contributed by atoms with Crippen molar-refractivity contribution in [1.29, 1.82) is 0 Å². The first-order valence-corrected chi connectivity index (χ1v) is 8.34. The molecule has 0 aliphatic carbocycles.